The van der Waals surface area contributed by atoms with E-state index in [-0.39, 0.29) is 30.0 Å². The monoisotopic (exact) mass is 416 g/mol. The summed E-state index contributed by atoms with van der Waals surface area (Å²) in [5, 5.41) is 11.0. The van der Waals surface area contributed by atoms with Crippen LogP contribution in [-0.4, -0.2) is 34.4 Å². The zero-order chi connectivity index (χ0) is 18.2. The fourth-order valence-electron chi connectivity index (χ4n) is 1.99. The lowest BCUT2D eigenvalue weighted by molar-refractivity contribution is -0.139. The van der Waals surface area contributed by atoms with Crippen molar-refractivity contribution < 1.29 is 14.3 Å². The van der Waals surface area contributed by atoms with Crippen LogP contribution in [0, 0.1) is 5.92 Å². The van der Waals surface area contributed by atoms with Crippen molar-refractivity contribution in [3.05, 3.63) is 35.9 Å². The van der Waals surface area contributed by atoms with Crippen LogP contribution in [-0.2, 0) is 14.3 Å². The lowest BCUT2D eigenvalue weighted by atomic mass is 9.95. The van der Waals surface area contributed by atoms with Gasteiger partial charge in [0, 0.05) is 6.04 Å². The van der Waals surface area contributed by atoms with Gasteiger partial charge in [0.2, 0.25) is 11.0 Å². The molecular weight excluding hydrogens is 396 g/mol. The fraction of sp³-hybridized carbons (Fsp3) is 0.375. The van der Waals surface area contributed by atoms with Gasteiger partial charge in [0.05, 0.1) is 18.3 Å². The van der Waals surface area contributed by atoms with Crippen molar-refractivity contribution in [3.8, 4) is 0 Å². The SMILES string of the molecule is CCOC(=O)CSc1nnc(NC(=O)C(C)C(N)c2ccccc2)s1.Cl. The number of esters is 1. The third-order valence-corrected chi connectivity index (χ3v) is 5.34. The van der Waals surface area contributed by atoms with Crippen LogP contribution < -0.4 is 11.1 Å². The number of halogens is 1. The van der Waals surface area contributed by atoms with E-state index >= 15 is 0 Å². The molecule has 7 nitrogen and oxygen atoms in total. The van der Waals surface area contributed by atoms with Crippen LogP contribution in [0.1, 0.15) is 25.5 Å². The molecule has 0 fully saturated rings. The Morgan fingerprint density at radius 2 is 2.00 bits per heavy atom. The van der Waals surface area contributed by atoms with Crippen molar-refractivity contribution in [3.63, 3.8) is 0 Å². The third kappa shape index (κ3) is 6.56. The van der Waals surface area contributed by atoms with E-state index in [1.165, 1.54) is 23.1 Å². The van der Waals surface area contributed by atoms with E-state index < -0.39 is 12.0 Å². The van der Waals surface area contributed by atoms with Gasteiger partial charge in [0.15, 0.2) is 4.34 Å². The lowest BCUT2D eigenvalue weighted by Gasteiger charge is -2.18. The number of aromatic nitrogens is 2. The molecule has 26 heavy (non-hydrogen) atoms. The molecule has 0 spiro atoms. The minimum Gasteiger partial charge on any atom is -0.465 e. The quantitative estimate of drug-likeness (QED) is 0.387. The zero-order valence-electron chi connectivity index (χ0n) is 14.4. The summed E-state index contributed by atoms with van der Waals surface area (Å²) in [6.45, 7) is 3.86. The standard InChI is InChI=1S/C16H20N4O3S2.ClH/c1-3-23-12(21)9-24-16-20-19-15(25-16)18-14(22)10(2)13(17)11-7-5-4-6-8-11;/h4-8,10,13H,3,9,17H2,1-2H3,(H,18,19,22);1H. The van der Waals surface area contributed by atoms with Gasteiger partial charge >= 0.3 is 5.97 Å². The maximum atomic E-state index is 12.4. The van der Waals surface area contributed by atoms with E-state index in [1.54, 1.807) is 13.8 Å². The van der Waals surface area contributed by atoms with E-state index in [0.717, 1.165) is 5.56 Å². The van der Waals surface area contributed by atoms with Gasteiger partial charge in [-0.3, -0.25) is 9.59 Å². The summed E-state index contributed by atoms with van der Waals surface area (Å²) in [6.07, 6.45) is 0. The number of ether oxygens (including phenoxy) is 1. The van der Waals surface area contributed by atoms with Crippen molar-refractivity contribution in [1.29, 1.82) is 0 Å². The summed E-state index contributed by atoms with van der Waals surface area (Å²) < 4.78 is 5.43. The average Bonchev–Trinajstić information content (AvgIpc) is 3.07. The Labute approximate surface area is 166 Å². The van der Waals surface area contributed by atoms with Crippen LogP contribution in [0.15, 0.2) is 34.7 Å². The largest absolute Gasteiger partial charge is 0.465 e. The molecule has 0 radical (unpaired) electrons. The van der Waals surface area contributed by atoms with Gasteiger partial charge in [-0.25, -0.2) is 0 Å². The summed E-state index contributed by atoms with van der Waals surface area (Å²) in [6, 6.07) is 9.05. The fourth-order valence-corrected chi connectivity index (χ4v) is 3.54. The highest BCUT2D eigenvalue weighted by Crippen LogP contribution is 2.27. The van der Waals surface area contributed by atoms with Crippen molar-refractivity contribution in [2.24, 2.45) is 11.7 Å². The summed E-state index contributed by atoms with van der Waals surface area (Å²) in [4.78, 5) is 23.7. The molecule has 1 aromatic heterocycles. The first kappa shape index (κ1) is 22.4. The Bertz CT molecular complexity index is 715. The second kappa shape index (κ2) is 11.1. The van der Waals surface area contributed by atoms with E-state index in [4.69, 9.17) is 10.5 Å². The maximum absolute atomic E-state index is 12.4. The smallest absolute Gasteiger partial charge is 0.316 e. The summed E-state index contributed by atoms with van der Waals surface area (Å²) in [7, 11) is 0. The van der Waals surface area contributed by atoms with Crippen LogP contribution >= 0.6 is 35.5 Å². The van der Waals surface area contributed by atoms with Crippen LogP contribution in [0.25, 0.3) is 0 Å². The Morgan fingerprint density at radius 3 is 2.65 bits per heavy atom. The first-order chi connectivity index (χ1) is 12.0. The van der Waals surface area contributed by atoms with Gasteiger partial charge in [-0.1, -0.05) is 60.4 Å². The Hall–Kier alpha value is -1.68. The summed E-state index contributed by atoms with van der Waals surface area (Å²) >= 11 is 2.43. The Morgan fingerprint density at radius 1 is 1.31 bits per heavy atom. The van der Waals surface area contributed by atoms with Gasteiger partial charge in [-0.05, 0) is 12.5 Å². The van der Waals surface area contributed by atoms with E-state index in [1.807, 2.05) is 30.3 Å². The third-order valence-electron chi connectivity index (χ3n) is 3.39. The molecular formula is C16H21ClN4O3S2. The Balaban J connectivity index is 0.00000338. The molecule has 2 atom stereocenters. The van der Waals surface area contributed by atoms with Crippen molar-refractivity contribution >= 4 is 52.5 Å². The van der Waals surface area contributed by atoms with Crippen LogP contribution in [0.4, 0.5) is 5.13 Å². The van der Waals surface area contributed by atoms with Crippen molar-refractivity contribution in [2.45, 2.75) is 24.2 Å². The number of thioether (sulfide) groups is 1. The highest BCUT2D eigenvalue weighted by molar-refractivity contribution is 8.01. The summed E-state index contributed by atoms with van der Waals surface area (Å²) in [5.41, 5.74) is 7.06. The number of anilines is 1. The van der Waals surface area contributed by atoms with Crippen molar-refractivity contribution in [2.75, 3.05) is 17.7 Å². The van der Waals surface area contributed by atoms with E-state index in [0.29, 0.717) is 16.1 Å². The molecule has 10 heteroatoms. The number of amides is 1. The predicted octanol–water partition coefficient (Wildman–Crippen LogP) is 2.89. The average molecular weight is 417 g/mol. The molecule has 0 aliphatic rings. The summed E-state index contributed by atoms with van der Waals surface area (Å²) in [5.74, 6) is -0.807. The number of rotatable bonds is 8. The molecule has 1 heterocycles. The van der Waals surface area contributed by atoms with Gasteiger partial charge in [0.1, 0.15) is 0 Å². The number of nitrogens with zero attached hydrogens (tertiary/aromatic N) is 2. The molecule has 3 N–H and O–H groups in total. The number of carbonyl (C=O) groups is 2. The lowest BCUT2D eigenvalue weighted by Crippen LogP contribution is -2.30. The number of nitrogens with two attached hydrogens (primary N) is 1. The van der Waals surface area contributed by atoms with Gasteiger partial charge in [-0.2, -0.15) is 0 Å². The molecule has 2 aromatic rings. The van der Waals surface area contributed by atoms with Gasteiger partial charge in [-0.15, -0.1) is 22.6 Å². The molecule has 0 aliphatic carbocycles. The molecule has 1 aromatic carbocycles. The first-order valence-corrected chi connectivity index (χ1v) is 9.54. The molecule has 2 rings (SSSR count). The predicted molar refractivity (Wildman–Crippen MR) is 106 cm³/mol. The second-order valence-electron chi connectivity index (χ2n) is 5.18. The second-order valence-corrected chi connectivity index (χ2v) is 7.38. The van der Waals surface area contributed by atoms with Crippen LogP contribution in [0.2, 0.25) is 0 Å². The molecule has 0 bridgehead atoms. The maximum Gasteiger partial charge on any atom is 0.316 e. The van der Waals surface area contributed by atoms with Gasteiger partial charge in [0.25, 0.3) is 0 Å². The number of benzene rings is 1. The highest BCUT2D eigenvalue weighted by Gasteiger charge is 2.23. The molecule has 0 aliphatic heterocycles. The molecule has 0 saturated heterocycles. The molecule has 142 valence electrons. The van der Waals surface area contributed by atoms with Crippen molar-refractivity contribution in [1.82, 2.24) is 10.2 Å². The zero-order valence-corrected chi connectivity index (χ0v) is 16.8. The topological polar surface area (TPSA) is 107 Å². The van der Waals surface area contributed by atoms with Crippen LogP contribution in [0.3, 0.4) is 0 Å². The van der Waals surface area contributed by atoms with Crippen LogP contribution in [0.5, 0.6) is 0 Å². The molecule has 0 saturated carbocycles. The Kier molecular flexibility index (Phi) is 9.57. The number of hydrogen-bond acceptors (Lipinski definition) is 8. The highest BCUT2D eigenvalue weighted by atomic mass is 35.5. The molecule has 1 amide bonds. The normalized spacial score (nSPS) is 12.6. The number of hydrogen-bond donors (Lipinski definition) is 2. The number of carbonyl (C=O) groups excluding carboxylic acids is 2. The minimum atomic E-state index is -0.429. The number of nitrogens with one attached hydrogen (secondary N) is 1. The minimum absolute atomic E-state index is 0. The molecule has 2 unspecified atom stereocenters. The van der Waals surface area contributed by atoms with E-state index in [9.17, 15) is 9.59 Å². The first-order valence-electron chi connectivity index (χ1n) is 7.74. The van der Waals surface area contributed by atoms with E-state index in [2.05, 4.69) is 15.5 Å². The van der Waals surface area contributed by atoms with Gasteiger partial charge < -0.3 is 15.8 Å².